The molecule has 2 aromatic carbocycles. The summed E-state index contributed by atoms with van der Waals surface area (Å²) in [7, 11) is 0. The van der Waals surface area contributed by atoms with Crippen LogP contribution in [0.5, 0.6) is 0 Å². The minimum Gasteiger partial charge on any atom is -0.351 e. The van der Waals surface area contributed by atoms with Gasteiger partial charge < -0.3 is 20.4 Å². The first-order valence-corrected chi connectivity index (χ1v) is 16.0. The molecular formula is C33H38N8OS2. The van der Waals surface area contributed by atoms with E-state index >= 15 is 0 Å². The first-order chi connectivity index (χ1) is 21.3. The highest BCUT2D eigenvalue weighted by molar-refractivity contribution is 7.80. The lowest BCUT2D eigenvalue weighted by Gasteiger charge is -2.39. The molecule has 2 N–H and O–H groups in total. The van der Waals surface area contributed by atoms with Gasteiger partial charge in [0, 0.05) is 71.6 Å². The normalized spacial score (nSPS) is 16.2. The molecule has 2 saturated heterocycles. The van der Waals surface area contributed by atoms with Crippen LogP contribution in [0.4, 0.5) is 16.7 Å². The highest BCUT2D eigenvalue weighted by atomic mass is 32.1. The molecule has 11 heteroatoms. The standard InChI is InChI=1S/C33H38N8OS2/c1-21-19-23(3-5-29(21)43)27-7-13-34-31(38-27)36-25-9-15-40(16-10-25)33(42)41-17-11-26(12-18-41)37-32-35-14-8-28(39-32)24-4-6-30(44)22(2)20-24/h3-8,13-14,19-20,25-26,43-44H,9-12,15-18H2,1-2H3,(H,34,36,38)(H,35,37,39). The summed E-state index contributed by atoms with van der Waals surface area (Å²) in [5.74, 6) is 1.24. The monoisotopic (exact) mass is 626 g/mol. The minimum atomic E-state index is 0.129. The van der Waals surface area contributed by atoms with E-state index in [1.807, 2.05) is 60.0 Å². The number of aromatic nitrogens is 4. The van der Waals surface area contributed by atoms with Gasteiger partial charge in [0.05, 0.1) is 11.4 Å². The number of anilines is 2. The Bertz CT molecular complexity index is 1520. The van der Waals surface area contributed by atoms with Crippen molar-refractivity contribution in [3.8, 4) is 22.5 Å². The number of nitrogens with zero attached hydrogens (tertiary/aromatic N) is 6. The molecule has 2 fully saturated rings. The Balaban J connectivity index is 0.971. The molecule has 0 spiro atoms. The van der Waals surface area contributed by atoms with Crippen LogP contribution in [-0.4, -0.2) is 74.0 Å². The van der Waals surface area contributed by atoms with Crippen LogP contribution >= 0.6 is 25.3 Å². The van der Waals surface area contributed by atoms with Crippen molar-refractivity contribution in [1.82, 2.24) is 29.7 Å². The van der Waals surface area contributed by atoms with Crippen molar-refractivity contribution in [3.63, 3.8) is 0 Å². The smallest absolute Gasteiger partial charge is 0.320 e. The molecule has 0 saturated carbocycles. The lowest BCUT2D eigenvalue weighted by Crippen LogP contribution is -2.51. The number of hydrogen-bond donors (Lipinski definition) is 4. The fourth-order valence-corrected chi connectivity index (χ4v) is 6.08. The molecule has 0 radical (unpaired) electrons. The molecule has 4 heterocycles. The molecule has 2 amide bonds. The number of benzene rings is 2. The molecule has 6 rings (SSSR count). The minimum absolute atomic E-state index is 0.129. The maximum atomic E-state index is 13.3. The molecule has 0 aliphatic carbocycles. The van der Waals surface area contributed by atoms with Gasteiger partial charge in [0.25, 0.3) is 0 Å². The molecule has 0 bridgehead atoms. The number of urea groups is 1. The zero-order valence-corrected chi connectivity index (χ0v) is 26.9. The lowest BCUT2D eigenvalue weighted by atomic mass is 10.0. The van der Waals surface area contributed by atoms with Crippen molar-refractivity contribution in [1.29, 1.82) is 0 Å². The maximum Gasteiger partial charge on any atom is 0.320 e. The van der Waals surface area contributed by atoms with Crippen LogP contribution in [0.1, 0.15) is 36.8 Å². The molecule has 9 nitrogen and oxygen atoms in total. The summed E-state index contributed by atoms with van der Waals surface area (Å²) < 4.78 is 0. The fourth-order valence-electron chi connectivity index (χ4n) is 5.80. The second kappa shape index (κ2) is 13.4. The van der Waals surface area contributed by atoms with Crippen molar-refractivity contribution in [2.24, 2.45) is 0 Å². The van der Waals surface area contributed by atoms with Crippen molar-refractivity contribution in [3.05, 3.63) is 72.1 Å². The summed E-state index contributed by atoms with van der Waals surface area (Å²) >= 11 is 8.95. The Morgan fingerprint density at radius 1 is 0.682 bits per heavy atom. The summed E-state index contributed by atoms with van der Waals surface area (Å²) in [6.07, 6.45) is 7.00. The van der Waals surface area contributed by atoms with E-state index < -0.39 is 0 Å². The number of carbonyl (C=O) groups excluding carboxylic acids is 1. The van der Waals surface area contributed by atoms with Crippen molar-refractivity contribution >= 4 is 43.2 Å². The number of rotatable bonds is 6. The van der Waals surface area contributed by atoms with E-state index in [0.717, 1.165) is 69.1 Å². The van der Waals surface area contributed by atoms with E-state index in [1.165, 1.54) is 0 Å². The Morgan fingerprint density at radius 3 is 1.48 bits per heavy atom. The van der Waals surface area contributed by atoms with Crippen LogP contribution in [0.2, 0.25) is 0 Å². The second-order valence-corrected chi connectivity index (χ2v) is 12.6. The number of piperidine rings is 2. The van der Waals surface area contributed by atoms with Gasteiger partial charge in [0.1, 0.15) is 0 Å². The van der Waals surface area contributed by atoms with Crippen molar-refractivity contribution in [2.45, 2.75) is 61.4 Å². The van der Waals surface area contributed by atoms with Crippen molar-refractivity contribution in [2.75, 3.05) is 36.8 Å². The predicted molar refractivity (Wildman–Crippen MR) is 181 cm³/mol. The van der Waals surface area contributed by atoms with Crippen LogP contribution in [0.25, 0.3) is 22.5 Å². The van der Waals surface area contributed by atoms with Crippen LogP contribution in [0.15, 0.2) is 70.7 Å². The number of amides is 2. The number of carbonyl (C=O) groups is 1. The van der Waals surface area contributed by atoms with E-state index in [9.17, 15) is 4.79 Å². The number of aryl methyl sites for hydroxylation is 2. The Labute approximate surface area is 269 Å². The van der Waals surface area contributed by atoms with Gasteiger partial charge in [0.2, 0.25) is 11.9 Å². The number of nitrogens with one attached hydrogen (secondary N) is 2. The van der Waals surface area contributed by atoms with Gasteiger partial charge in [-0.25, -0.2) is 24.7 Å². The average molecular weight is 627 g/mol. The second-order valence-electron chi connectivity index (χ2n) is 11.6. The fraction of sp³-hybridized carbons (Fsp3) is 0.364. The first kappa shape index (κ1) is 30.2. The Kier molecular flexibility index (Phi) is 9.22. The van der Waals surface area contributed by atoms with Gasteiger partial charge in [-0.2, -0.15) is 0 Å². The average Bonchev–Trinajstić information content (AvgIpc) is 3.04. The highest BCUT2D eigenvalue weighted by Crippen LogP contribution is 2.26. The Morgan fingerprint density at radius 2 is 1.09 bits per heavy atom. The van der Waals surface area contributed by atoms with Crippen LogP contribution in [0.3, 0.4) is 0 Å². The topological polar surface area (TPSA) is 99.2 Å². The Hall–Kier alpha value is -3.83. The third-order valence-electron chi connectivity index (χ3n) is 8.49. The third-order valence-corrected chi connectivity index (χ3v) is 9.50. The molecule has 44 heavy (non-hydrogen) atoms. The molecule has 2 aliphatic rings. The van der Waals surface area contributed by atoms with E-state index in [4.69, 9.17) is 9.97 Å². The van der Waals surface area contributed by atoms with Gasteiger partial charge in [-0.3, -0.25) is 0 Å². The zero-order chi connectivity index (χ0) is 30.6. The molecule has 2 aliphatic heterocycles. The molecule has 2 aromatic heterocycles. The number of likely N-dealkylation sites (tertiary alicyclic amines) is 2. The van der Waals surface area contributed by atoms with Crippen LogP contribution in [0, 0.1) is 13.8 Å². The van der Waals surface area contributed by atoms with Crippen LogP contribution < -0.4 is 10.6 Å². The largest absolute Gasteiger partial charge is 0.351 e. The summed E-state index contributed by atoms with van der Waals surface area (Å²) in [5, 5.41) is 6.98. The summed E-state index contributed by atoms with van der Waals surface area (Å²) in [6, 6.07) is 16.6. The molecular weight excluding hydrogens is 589 g/mol. The SMILES string of the molecule is Cc1cc(-c2ccnc(NC3CCN(C(=O)N4CCC(Nc5nccc(-c6ccc(S)c(C)c6)n5)CC4)CC3)n2)ccc1S. The summed E-state index contributed by atoms with van der Waals surface area (Å²) in [4.78, 5) is 37.6. The number of hydrogen-bond acceptors (Lipinski definition) is 9. The van der Waals surface area contributed by atoms with Gasteiger partial charge in [-0.05, 0) is 87.1 Å². The van der Waals surface area contributed by atoms with Gasteiger partial charge in [0.15, 0.2) is 0 Å². The molecule has 0 atom stereocenters. The number of thiol groups is 2. The highest BCUT2D eigenvalue weighted by Gasteiger charge is 2.29. The molecule has 228 valence electrons. The van der Waals surface area contributed by atoms with E-state index in [-0.39, 0.29) is 18.1 Å². The van der Waals surface area contributed by atoms with E-state index in [2.05, 4.69) is 58.0 Å². The zero-order valence-electron chi connectivity index (χ0n) is 25.1. The quantitative estimate of drug-likeness (QED) is 0.185. The maximum absolute atomic E-state index is 13.3. The van der Waals surface area contributed by atoms with Gasteiger partial charge >= 0.3 is 6.03 Å². The van der Waals surface area contributed by atoms with Gasteiger partial charge in [-0.1, -0.05) is 12.1 Å². The summed E-state index contributed by atoms with van der Waals surface area (Å²) in [6.45, 7) is 6.94. The van der Waals surface area contributed by atoms with Crippen LogP contribution in [-0.2, 0) is 0 Å². The first-order valence-electron chi connectivity index (χ1n) is 15.2. The third kappa shape index (κ3) is 7.10. The molecule has 4 aromatic rings. The predicted octanol–water partition coefficient (Wildman–Crippen LogP) is 6.37. The van der Waals surface area contributed by atoms with E-state index in [0.29, 0.717) is 38.1 Å². The van der Waals surface area contributed by atoms with E-state index in [1.54, 1.807) is 12.4 Å². The summed E-state index contributed by atoms with van der Waals surface area (Å²) in [5.41, 5.74) is 6.07. The molecule has 0 unspecified atom stereocenters. The lowest BCUT2D eigenvalue weighted by molar-refractivity contribution is 0.131. The van der Waals surface area contributed by atoms with Crippen molar-refractivity contribution < 1.29 is 4.79 Å². The van der Waals surface area contributed by atoms with Gasteiger partial charge in [-0.15, -0.1) is 25.3 Å².